The van der Waals surface area contributed by atoms with E-state index < -0.39 is 18.0 Å². The Morgan fingerprint density at radius 3 is 2.78 bits per heavy atom. The number of methoxy groups -OCH3 is 1. The number of nitrogens with one attached hydrogen (secondary N) is 1. The van der Waals surface area contributed by atoms with E-state index >= 15 is 0 Å². The molecule has 0 aliphatic rings. The van der Waals surface area contributed by atoms with Crippen LogP contribution in [0.4, 0.5) is 0 Å². The molecule has 1 aromatic rings. The second-order valence-corrected chi connectivity index (χ2v) is 3.64. The number of amides is 1. The third-order valence-corrected chi connectivity index (χ3v) is 2.31. The number of carbonyl (C=O) groups excluding carboxylic acids is 1. The van der Waals surface area contributed by atoms with E-state index in [1.54, 1.807) is 6.07 Å². The number of furan rings is 1. The second-order valence-electron chi connectivity index (χ2n) is 3.64. The molecule has 0 bridgehead atoms. The van der Waals surface area contributed by atoms with Crippen LogP contribution in [0.25, 0.3) is 0 Å². The van der Waals surface area contributed by atoms with Gasteiger partial charge < -0.3 is 25.3 Å². The van der Waals surface area contributed by atoms with Crippen LogP contribution in [0.15, 0.2) is 16.5 Å². The topological polar surface area (TPSA) is 115 Å². The minimum Gasteiger partial charge on any atom is -0.481 e. The zero-order valence-electron chi connectivity index (χ0n) is 10.0. The Bertz CT molecular complexity index is 415. The molecule has 1 atom stereocenters. The number of carboxylic acid groups (broad SMARTS) is 1. The molecule has 1 unspecified atom stereocenters. The van der Waals surface area contributed by atoms with Crippen molar-refractivity contribution in [3.05, 3.63) is 23.7 Å². The van der Waals surface area contributed by atoms with E-state index in [4.69, 9.17) is 20.0 Å². The first kappa shape index (κ1) is 14.2. The van der Waals surface area contributed by atoms with Crippen LogP contribution < -0.4 is 11.1 Å². The maximum absolute atomic E-state index is 11.6. The van der Waals surface area contributed by atoms with E-state index in [-0.39, 0.29) is 25.3 Å². The van der Waals surface area contributed by atoms with E-state index in [2.05, 4.69) is 5.32 Å². The third kappa shape index (κ3) is 4.19. The number of hydrogen-bond donors (Lipinski definition) is 3. The smallest absolute Gasteiger partial charge is 0.306 e. The summed E-state index contributed by atoms with van der Waals surface area (Å²) in [5, 5.41) is 11.1. The Balaban J connectivity index is 2.46. The highest BCUT2D eigenvalue weighted by molar-refractivity contribution is 5.91. The first-order valence-electron chi connectivity index (χ1n) is 5.38. The Labute approximate surface area is 104 Å². The monoisotopic (exact) mass is 256 g/mol. The van der Waals surface area contributed by atoms with Crippen molar-refractivity contribution in [2.45, 2.75) is 19.1 Å². The van der Waals surface area contributed by atoms with Crippen molar-refractivity contribution in [3.63, 3.8) is 0 Å². The fraction of sp³-hybridized carbons (Fsp3) is 0.455. The molecule has 0 aromatic carbocycles. The molecular formula is C11H16N2O5. The van der Waals surface area contributed by atoms with Gasteiger partial charge in [-0.1, -0.05) is 0 Å². The van der Waals surface area contributed by atoms with Gasteiger partial charge in [0.05, 0.1) is 19.1 Å². The van der Waals surface area contributed by atoms with Gasteiger partial charge in [0.15, 0.2) is 5.76 Å². The van der Waals surface area contributed by atoms with Gasteiger partial charge in [0.2, 0.25) is 0 Å². The lowest BCUT2D eigenvalue weighted by Crippen LogP contribution is -2.34. The molecule has 0 aliphatic heterocycles. The van der Waals surface area contributed by atoms with Gasteiger partial charge in [-0.05, 0) is 12.1 Å². The molecule has 100 valence electrons. The van der Waals surface area contributed by atoms with Crippen LogP contribution in [-0.2, 0) is 16.1 Å². The summed E-state index contributed by atoms with van der Waals surface area (Å²) in [4.78, 5) is 22.1. The predicted molar refractivity (Wildman–Crippen MR) is 62.0 cm³/mol. The molecule has 4 N–H and O–H groups in total. The molecule has 1 aromatic heterocycles. The fourth-order valence-corrected chi connectivity index (χ4v) is 1.34. The predicted octanol–water partition coefficient (Wildman–Crippen LogP) is -0.0422. The van der Waals surface area contributed by atoms with Crippen LogP contribution >= 0.6 is 0 Å². The molecule has 1 heterocycles. The van der Waals surface area contributed by atoms with Gasteiger partial charge in [-0.3, -0.25) is 9.59 Å². The normalized spacial score (nSPS) is 12.1. The molecule has 7 nitrogen and oxygen atoms in total. The van der Waals surface area contributed by atoms with Crippen molar-refractivity contribution in [3.8, 4) is 0 Å². The zero-order chi connectivity index (χ0) is 13.5. The van der Waals surface area contributed by atoms with Crippen molar-refractivity contribution in [1.29, 1.82) is 0 Å². The number of carbonyl (C=O) groups is 2. The quantitative estimate of drug-likeness (QED) is 0.630. The molecule has 1 rings (SSSR count). The molecule has 0 fully saturated rings. The molecule has 0 saturated heterocycles. The maximum Gasteiger partial charge on any atom is 0.306 e. The highest BCUT2D eigenvalue weighted by Gasteiger charge is 2.16. The van der Waals surface area contributed by atoms with Gasteiger partial charge in [-0.2, -0.15) is 0 Å². The first-order valence-corrected chi connectivity index (χ1v) is 5.38. The summed E-state index contributed by atoms with van der Waals surface area (Å²) in [6, 6.07) is 3.12. The molecule has 18 heavy (non-hydrogen) atoms. The highest BCUT2D eigenvalue weighted by Crippen LogP contribution is 2.07. The Hall–Kier alpha value is -1.86. The Morgan fingerprint density at radius 1 is 1.56 bits per heavy atom. The average molecular weight is 256 g/mol. The van der Waals surface area contributed by atoms with Crippen molar-refractivity contribution in [1.82, 2.24) is 5.32 Å². The van der Waals surface area contributed by atoms with Crippen LogP contribution in [0.5, 0.6) is 0 Å². The number of carboxylic acids is 1. The highest BCUT2D eigenvalue weighted by atomic mass is 16.5. The lowest BCUT2D eigenvalue weighted by Gasteiger charge is -2.13. The molecule has 0 spiro atoms. The first-order chi connectivity index (χ1) is 8.56. The summed E-state index contributed by atoms with van der Waals surface area (Å²) in [5.74, 6) is -0.767. The summed E-state index contributed by atoms with van der Waals surface area (Å²) in [6.07, 6.45) is -0.751. The zero-order valence-corrected chi connectivity index (χ0v) is 10.0. The van der Waals surface area contributed by atoms with Crippen molar-refractivity contribution in [2.75, 3.05) is 13.7 Å². The van der Waals surface area contributed by atoms with Crippen LogP contribution in [0.3, 0.4) is 0 Å². The Kier molecular flexibility index (Phi) is 5.34. The van der Waals surface area contributed by atoms with E-state index in [1.165, 1.54) is 13.2 Å². The van der Waals surface area contributed by atoms with Gasteiger partial charge in [0.25, 0.3) is 5.91 Å². The number of nitrogens with two attached hydrogens (primary N) is 1. The number of rotatable bonds is 7. The van der Waals surface area contributed by atoms with Crippen LogP contribution in [0.2, 0.25) is 0 Å². The van der Waals surface area contributed by atoms with Crippen LogP contribution in [-0.4, -0.2) is 36.7 Å². The second kappa shape index (κ2) is 6.77. The summed E-state index contributed by atoms with van der Waals surface area (Å²) < 4.78 is 10.1. The van der Waals surface area contributed by atoms with E-state index in [0.29, 0.717) is 5.76 Å². The Morgan fingerprint density at radius 2 is 2.28 bits per heavy atom. The van der Waals surface area contributed by atoms with Gasteiger partial charge in [-0.25, -0.2) is 0 Å². The van der Waals surface area contributed by atoms with Crippen LogP contribution in [0, 0.1) is 0 Å². The SMILES string of the molecule is COC(CNC(=O)c1ccc(CN)o1)CC(=O)O. The molecular weight excluding hydrogens is 240 g/mol. The van der Waals surface area contributed by atoms with E-state index in [1.807, 2.05) is 0 Å². The maximum atomic E-state index is 11.6. The lowest BCUT2D eigenvalue weighted by molar-refractivity contribution is -0.139. The largest absolute Gasteiger partial charge is 0.481 e. The van der Waals surface area contributed by atoms with Crippen molar-refractivity contribution < 1.29 is 23.8 Å². The number of aliphatic carboxylic acids is 1. The van der Waals surface area contributed by atoms with E-state index in [0.717, 1.165) is 0 Å². The van der Waals surface area contributed by atoms with Gasteiger partial charge in [0.1, 0.15) is 5.76 Å². The van der Waals surface area contributed by atoms with Crippen molar-refractivity contribution in [2.24, 2.45) is 5.73 Å². The standard InChI is InChI=1S/C11H16N2O5/c1-17-8(4-10(14)15)6-13-11(16)9-3-2-7(5-12)18-9/h2-3,8H,4-6,12H2,1H3,(H,13,16)(H,14,15). The molecule has 0 saturated carbocycles. The molecule has 7 heteroatoms. The molecule has 0 aliphatic carbocycles. The number of hydrogen-bond acceptors (Lipinski definition) is 5. The summed E-state index contributed by atoms with van der Waals surface area (Å²) >= 11 is 0. The summed E-state index contributed by atoms with van der Waals surface area (Å²) in [6.45, 7) is 0.313. The summed E-state index contributed by atoms with van der Waals surface area (Å²) in [7, 11) is 1.39. The summed E-state index contributed by atoms with van der Waals surface area (Å²) in [5.41, 5.74) is 5.35. The number of ether oxygens (including phenoxy) is 1. The van der Waals surface area contributed by atoms with Gasteiger partial charge in [-0.15, -0.1) is 0 Å². The van der Waals surface area contributed by atoms with Crippen molar-refractivity contribution >= 4 is 11.9 Å². The third-order valence-electron chi connectivity index (χ3n) is 2.31. The minimum atomic E-state index is -0.987. The van der Waals surface area contributed by atoms with Gasteiger partial charge >= 0.3 is 5.97 Å². The van der Waals surface area contributed by atoms with E-state index in [9.17, 15) is 9.59 Å². The molecule has 0 radical (unpaired) electrons. The fourth-order valence-electron chi connectivity index (χ4n) is 1.34. The average Bonchev–Trinajstić information content (AvgIpc) is 2.82. The minimum absolute atomic E-state index is 0.0975. The lowest BCUT2D eigenvalue weighted by atomic mass is 10.2. The van der Waals surface area contributed by atoms with Gasteiger partial charge in [0, 0.05) is 13.7 Å². The molecule has 1 amide bonds. The van der Waals surface area contributed by atoms with Crippen LogP contribution in [0.1, 0.15) is 22.7 Å².